The molecule has 0 aliphatic heterocycles. The summed E-state index contributed by atoms with van der Waals surface area (Å²) in [7, 11) is 0. The topological polar surface area (TPSA) is 43.9 Å². The summed E-state index contributed by atoms with van der Waals surface area (Å²) in [6.45, 7) is 2.23. The molecule has 168 valence electrons. The van der Waals surface area contributed by atoms with E-state index in [4.69, 9.17) is 9.40 Å². The molecule has 6 aromatic rings. The molecule has 0 saturated carbocycles. The molecule has 4 aromatic heterocycles. The Morgan fingerprint density at radius 1 is 0.857 bits per heavy atom. The number of pyridine rings is 2. The minimum atomic E-state index is -0.142. The normalized spacial score (nSPS) is 17.6. The fourth-order valence-corrected chi connectivity index (χ4v) is 5.19. The Bertz CT molecular complexity index is 1790. The molecule has 35 heavy (non-hydrogen) atoms. The number of benzene rings is 2. The van der Waals surface area contributed by atoms with Gasteiger partial charge in [-0.3, -0.25) is 9.55 Å². The van der Waals surface area contributed by atoms with Gasteiger partial charge in [-0.1, -0.05) is 54.6 Å². The Labute approximate surface area is 202 Å². The largest absolute Gasteiger partial charge is 0.459 e. The Kier molecular flexibility index (Phi) is 4.30. The van der Waals surface area contributed by atoms with E-state index in [1.807, 2.05) is 30.3 Å². The number of rotatable bonds is 3. The van der Waals surface area contributed by atoms with E-state index in [0.717, 1.165) is 62.2 Å². The standard InChI is InChI=1S/C31H23N3O/c1-31(17-6-2-7-18-31)27-20-21-15-16-26-29(30(21)35-27)22-10-3-4-13-25(22)34(26)28-14-9-12-24(33-28)23-11-5-8-19-32-23/h2-17,19-20H,18H2,1H3. The van der Waals surface area contributed by atoms with Crippen LogP contribution in [0.5, 0.6) is 0 Å². The Balaban J connectivity index is 1.50. The van der Waals surface area contributed by atoms with E-state index in [-0.39, 0.29) is 5.41 Å². The summed E-state index contributed by atoms with van der Waals surface area (Å²) in [5.74, 6) is 1.85. The van der Waals surface area contributed by atoms with Gasteiger partial charge < -0.3 is 4.42 Å². The Morgan fingerprint density at radius 2 is 1.74 bits per heavy atom. The van der Waals surface area contributed by atoms with Gasteiger partial charge in [0.25, 0.3) is 0 Å². The van der Waals surface area contributed by atoms with Crippen LogP contribution in [0.1, 0.15) is 19.1 Å². The maximum absolute atomic E-state index is 6.65. The van der Waals surface area contributed by atoms with Gasteiger partial charge in [0.1, 0.15) is 17.2 Å². The van der Waals surface area contributed by atoms with Crippen molar-refractivity contribution in [3.05, 3.63) is 115 Å². The number of nitrogens with zero attached hydrogens (tertiary/aromatic N) is 3. The molecule has 0 saturated heterocycles. The van der Waals surface area contributed by atoms with Gasteiger partial charge in [-0.2, -0.15) is 0 Å². The molecule has 1 atom stereocenters. The summed E-state index contributed by atoms with van der Waals surface area (Å²) < 4.78 is 8.87. The van der Waals surface area contributed by atoms with Crippen LogP contribution in [-0.4, -0.2) is 14.5 Å². The van der Waals surface area contributed by atoms with Crippen molar-refractivity contribution in [3.63, 3.8) is 0 Å². The smallest absolute Gasteiger partial charge is 0.144 e. The molecule has 1 unspecified atom stereocenters. The van der Waals surface area contributed by atoms with E-state index in [2.05, 4.69) is 89.3 Å². The molecule has 0 fully saturated rings. The van der Waals surface area contributed by atoms with Gasteiger partial charge in [0.05, 0.1) is 27.8 Å². The van der Waals surface area contributed by atoms with Crippen molar-refractivity contribution in [2.45, 2.75) is 18.8 Å². The minimum absolute atomic E-state index is 0.142. The lowest BCUT2D eigenvalue weighted by Crippen LogP contribution is -2.18. The summed E-state index contributed by atoms with van der Waals surface area (Å²) in [5.41, 5.74) is 4.67. The van der Waals surface area contributed by atoms with Crippen LogP contribution >= 0.6 is 0 Å². The first-order valence-electron chi connectivity index (χ1n) is 11.9. The van der Waals surface area contributed by atoms with Gasteiger partial charge in [0, 0.05) is 22.4 Å². The zero-order valence-corrected chi connectivity index (χ0v) is 19.3. The van der Waals surface area contributed by atoms with E-state index in [1.54, 1.807) is 6.20 Å². The molecule has 0 amide bonds. The molecule has 4 nitrogen and oxygen atoms in total. The van der Waals surface area contributed by atoms with E-state index >= 15 is 0 Å². The SMILES string of the molecule is CC1(c2cc3ccc4c(c5ccccc5n4-c4cccc(-c5ccccn5)n4)c3o2)C=CC=CC1. The quantitative estimate of drug-likeness (QED) is 0.275. The summed E-state index contributed by atoms with van der Waals surface area (Å²) in [4.78, 5) is 9.50. The van der Waals surface area contributed by atoms with Crippen molar-refractivity contribution in [1.29, 1.82) is 0 Å². The molecule has 4 heterocycles. The second-order valence-electron chi connectivity index (χ2n) is 9.35. The second-order valence-corrected chi connectivity index (χ2v) is 9.35. The summed E-state index contributed by atoms with van der Waals surface area (Å²) in [6.07, 6.45) is 11.4. The zero-order valence-electron chi connectivity index (χ0n) is 19.3. The van der Waals surface area contributed by atoms with Crippen LogP contribution < -0.4 is 0 Å². The Hall–Kier alpha value is -4.44. The van der Waals surface area contributed by atoms with Crippen LogP contribution in [0.2, 0.25) is 0 Å². The predicted molar refractivity (Wildman–Crippen MR) is 142 cm³/mol. The highest BCUT2D eigenvalue weighted by Crippen LogP contribution is 2.41. The van der Waals surface area contributed by atoms with Crippen molar-refractivity contribution >= 4 is 32.8 Å². The van der Waals surface area contributed by atoms with Crippen LogP contribution in [-0.2, 0) is 5.41 Å². The third-order valence-electron chi connectivity index (χ3n) is 7.03. The molecular weight excluding hydrogens is 430 g/mol. The van der Waals surface area contributed by atoms with Gasteiger partial charge in [0.15, 0.2) is 0 Å². The molecule has 0 spiro atoms. The van der Waals surface area contributed by atoms with Crippen LogP contribution in [0.25, 0.3) is 50.0 Å². The lowest BCUT2D eigenvalue weighted by atomic mass is 9.81. The van der Waals surface area contributed by atoms with E-state index < -0.39 is 0 Å². The number of furan rings is 1. The number of para-hydroxylation sites is 1. The van der Waals surface area contributed by atoms with Gasteiger partial charge in [-0.15, -0.1) is 0 Å². The van der Waals surface area contributed by atoms with Crippen LogP contribution in [0.3, 0.4) is 0 Å². The van der Waals surface area contributed by atoms with Gasteiger partial charge in [-0.05, 0) is 61.9 Å². The predicted octanol–water partition coefficient (Wildman–Crippen LogP) is 7.76. The molecule has 4 heteroatoms. The number of fused-ring (bicyclic) bond motifs is 5. The van der Waals surface area contributed by atoms with Crippen LogP contribution in [0, 0.1) is 0 Å². The number of hydrogen-bond acceptors (Lipinski definition) is 3. The highest BCUT2D eigenvalue weighted by atomic mass is 16.3. The first-order chi connectivity index (χ1) is 17.2. The van der Waals surface area contributed by atoms with Crippen LogP contribution in [0.15, 0.2) is 114 Å². The van der Waals surface area contributed by atoms with Crippen molar-refractivity contribution in [2.24, 2.45) is 0 Å². The van der Waals surface area contributed by atoms with Gasteiger partial charge >= 0.3 is 0 Å². The molecule has 0 bridgehead atoms. The zero-order chi connectivity index (χ0) is 23.4. The first-order valence-corrected chi connectivity index (χ1v) is 11.9. The molecule has 0 radical (unpaired) electrons. The number of hydrogen-bond donors (Lipinski definition) is 0. The van der Waals surface area contributed by atoms with Crippen molar-refractivity contribution < 1.29 is 4.42 Å². The highest BCUT2D eigenvalue weighted by Gasteiger charge is 2.28. The summed E-state index contributed by atoms with van der Waals surface area (Å²) in [6, 6.07) is 27.0. The lowest BCUT2D eigenvalue weighted by Gasteiger charge is -2.23. The first kappa shape index (κ1) is 20.0. The monoisotopic (exact) mass is 453 g/mol. The summed E-state index contributed by atoms with van der Waals surface area (Å²) in [5, 5.41) is 3.39. The van der Waals surface area contributed by atoms with Crippen molar-refractivity contribution in [2.75, 3.05) is 0 Å². The molecule has 7 rings (SSSR count). The molecule has 0 N–H and O–H groups in total. The average molecular weight is 454 g/mol. The van der Waals surface area contributed by atoms with Gasteiger partial charge in [-0.25, -0.2) is 4.98 Å². The van der Waals surface area contributed by atoms with Crippen LogP contribution in [0.4, 0.5) is 0 Å². The maximum Gasteiger partial charge on any atom is 0.144 e. The van der Waals surface area contributed by atoms with Gasteiger partial charge in [0.2, 0.25) is 0 Å². The highest BCUT2D eigenvalue weighted by molar-refractivity contribution is 6.19. The second kappa shape index (κ2) is 7.54. The van der Waals surface area contributed by atoms with E-state index in [9.17, 15) is 0 Å². The third-order valence-corrected chi connectivity index (χ3v) is 7.03. The fourth-order valence-electron chi connectivity index (χ4n) is 5.19. The third kappa shape index (κ3) is 3.07. The van der Waals surface area contributed by atoms with Crippen molar-refractivity contribution in [1.82, 2.24) is 14.5 Å². The lowest BCUT2D eigenvalue weighted by molar-refractivity contribution is 0.440. The van der Waals surface area contributed by atoms with E-state index in [1.165, 1.54) is 0 Å². The molecule has 1 aliphatic rings. The number of aromatic nitrogens is 3. The number of allylic oxidation sites excluding steroid dienone is 4. The molecule has 1 aliphatic carbocycles. The summed E-state index contributed by atoms with van der Waals surface area (Å²) >= 11 is 0. The average Bonchev–Trinajstić information content (AvgIpc) is 3.50. The molecular formula is C31H23N3O. The maximum atomic E-state index is 6.65. The fraction of sp³-hybridized carbons (Fsp3) is 0.0968. The minimum Gasteiger partial charge on any atom is -0.459 e. The molecule has 2 aromatic carbocycles. The Morgan fingerprint density at radius 3 is 2.60 bits per heavy atom. The van der Waals surface area contributed by atoms with Crippen molar-refractivity contribution in [3.8, 4) is 17.2 Å². The van der Waals surface area contributed by atoms with E-state index in [0.29, 0.717) is 0 Å².